The van der Waals surface area contributed by atoms with Crippen LogP contribution < -0.4 is 5.19 Å². The van der Waals surface area contributed by atoms with Gasteiger partial charge in [0.25, 0.3) is 0 Å². The minimum absolute atomic E-state index is 1.17. The Morgan fingerprint density at radius 1 is 0.793 bits per heavy atom. The van der Waals surface area contributed by atoms with E-state index in [-0.39, 0.29) is 0 Å². The SMILES string of the molecule is C=C(C)c1cccc([Si](C)(N(CCCC)CCCC)N(CCCC)CCCC)c1. The first kappa shape index (κ1) is 26.1. The summed E-state index contributed by atoms with van der Waals surface area (Å²) in [5.41, 5.74) is 2.48. The van der Waals surface area contributed by atoms with Crippen molar-refractivity contribution in [3.05, 3.63) is 36.4 Å². The highest BCUT2D eigenvalue weighted by Crippen LogP contribution is 2.22. The quantitative estimate of drug-likeness (QED) is 0.273. The number of unbranched alkanes of at least 4 members (excludes halogenated alkanes) is 4. The van der Waals surface area contributed by atoms with Gasteiger partial charge in [0.15, 0.2) is 0 Å². The van der Waals surface area contributed by atoms with E-state index in [1.54, 1.807) is 5.19 Å². The van der Waals surface area contributed by atoms with Gasteiger partial charge >= 0.3 is 0 Å². The van der Waals surface area contributed by atoms with Gasteiger partial charge in [-0.2, -0.15) is 0 Å². The molecule has 0 radical (unpaired) electrons. The maximum Gasteiger partial charge on any atom is 0.236 e. The van der Waals surface area contributed by atoms with Crippen LogP contribution in [0.1, 0.15) is 91.5 Å². The highest BCUT2D eigenvalue weighted by Gasteiger charge is 2.42. The topological polar surface area (TPSA) is 6.48 Å². The van der Waals surface area contributed by atoms with Crippen LogP contribution in [0, 0.1) is 0 Å². The lowest BCUT2D eigenvalue weighted by Crippen LogP contribution is -2.71. The molecule has 3 heteroatoms. The second kappa shape index (κ2) is 14.2. The van der Waals surface area contributed by atoms with E-state index in [9.17, 15) is 0 Å². The zero-order valence-corrected chi connectivity index (χ0v) is 21.4. The summed E-state index contributed by atoms with van der Waals surface area (Å²) in [7, 11) is -1.99. The summed E-state index contributed by atoms with van der Waals surface area (Å²) in [6.07, 6.45) is 10.2. The third-order valence-corrected chi connectivity index (χ3v) is 11.0. The van der Waals surface area contributed by atoms with Gasteiger partial charge in [0, 0.05) is 0 Å². The molecule has 0 bridgehead atoms. The second-order valence-corrected chi connectivity index (χ2v) is 12.7. The minimum atomic E-state index is -1.99. The molecule has 0 N–H and O–H groups in total. The molecular weight excluding hydrogens is 368 g/mol. The first-order valence-corrected chi connectivity index (χ1v) is 14.6. The summed E-state index contributed by atoms with van der Waals surface area (Å²) in [6, 6.07) is 9.37. The van der Waals surface area contributed by atoms with Crippen LogP contribution in [0.4, 0.5) is 0 Å². The van der Waals surface area contributed by atoms with E-state index in [1.165, 1.54) is 88.7 Å². The van der Waals surface area contributed by atoms with E-state index in [1.807, 2.05) is 0 Å². The number of hydrogen-bond acceptors (Lipinski definition) is 2. The van der Waals surface area contributed by atoms with Crippen LogP contribution in [0.2, 0.25) is 6.55 Å². The van der Waals surface area contributed by atoms with E-state index < -0.39 is 8.40 Å². The molecule has 166 valence electrons. The molecule has 0 heterocycles. The Bertz CT molecular complexity index is 548. The van der Waals surface area contributed by atoms with Crippen LogP contribution in [0.3, 0.4) is 0 Å². The molecule has 0 aliphatic heterocycles. The maximum absolute atomic E-state index is 4.22. The molecule has 0 atom stereocenters. The molecular formula is C26H48N2Si. The van der Waals surface area contributed by atoms with Gasteiger partial charge in [0.1, 0.15) is 0 Å². The Balaban J connectivity index is 3.48. The summed E-state index contributed by atoms with van der Waals surface area (Å²) < 4.78 is 5.84. The third-order valence-electron chi connectivity index (χ3n) is 6.26. The van der Waals surface area contributed by atoms with Crippen LogP contribution in [-0.4, -0.2) is 43.7 Å². The fourth-order valence-electron chi connectivity index (χ4n) is 4.13. The van der Waals surface area contributed by atoms with Gasteiger partial charge < -0.3 is 9.13 Å². The lowest BCUT2D eigenvalue weighted by atomic mass is 10.1. The fourth-order valence-corrected chi connectivity index (χ4v) is 8.48. The maximum atomic E-state index is 4.22. The Kier molecular flexibility index (Phi) is 12.8. The number of nitrogens with zero attached hydrogens (tertiary/aromatic N) is 2. The lowest BCUT2D eigenvalue weighted by molar-refractivity contribution is 0.316. The molecule has 0 aromatic heterocycles. The fraction of sp³-hybridized carbons (Fsp3) is 0.692. The van der Waals surface area contributed by atoms with Gasteiger partial charge in [-0.3, -0.25) is 0 Å². The highest BCUT2D eigenvalue weighted by molar-refractivity contribution is 6.86. The highest BCUT2D eigenvalue weighted by atomic mass is 28.3. The summed E-state index contributed by atoms with van der Waals surface area (Å²) in [5.74, 6) is 0. The van der Waals surface area contributed by atoms with Gasteiger partial charge in [0.2, 0.25) is 8.40 Å². The molecule has 0 aliphatic carbocycles. The normalized spacial score (nSPS) is 12.1. The third kappa shape index (κ3) is 7.69. The number of allylic oxidation sites excluding steroid dienone is 1. The summed E-state index contributed by atoms with van der Waals surface area (Å²) in [5, 5.41) is 1.57. The van der Waals surface area contributed by atoms with Crippen LogP contribution in [0.25, 0.3) is 5.57 Å². The predicted octanol–water partition coefficient (Wildman–Crippen LogP) is 6.80. The average Bonchev–Trinajstić information content (AvgIpc) is 2.73. The zero-order valence-electron chi connectivity index (χ0n) is 20.4. The molecule has 0 amide bonds. The van der Waals surface area contributed by atoms with Crippen molar-refractivity contribution >= 4 is 19.2 Å². The van der Waals surface area contributed by atoms with Crippen LogP contribution in [0.15, 0.2) is 30.8 Å². The molecule has 0 aliphatic rings. The lowest BCUT2D eigenvalue weighted by Gasteiger charge is -2.48. The summed E-state index contributed by atoms with van der Waals surface area (Å²) in [6.45, 7) is 23.2. The van der Waals surface area contributed by atoms with Crippen molar-refractivity contribution in [3.63, 3.8) is 0 Å². The van der Waals surface area contributed by atoms with E-state index >= 15 is 0 Å². The van der Waals surface area contributed by atoms with Crippen LogP contribution >= 0.6 is 0 Å². The number of hydrogen-bond donors (Lipinski definition) is 0. The molecule has 0 spiro atoms. The van der Waals surface area contributed by atoms with Gasteiger partial charge in [-0.25, -0.2) is 0 Å². The van der Waals surface area contributed by atoms with Gasteiger partial charge in [-0.1, -0.05) is 89.8 Å². The first-order valence-electron chi connectivity index (χ1n) is 12.2. The van der Waals surface area contributed by atoms with Gasteiger partial charge in [0.05, 0.1) is 0 Å². The van der Waals surface area contributed by atoms with Crippen molar-refractivity contribution in [1.82, 2.24) is 9.13 Å². The molecule has 1 rings (SSSR count). The number of rotatable bonds is 16. The first-order chi connectivity index (χ1) is 13.9. The minimum Gasteiger partial charge on any atom is -0.308 e. The van der Waals surface area contributed by atoms with Crippen molar-refractivity contribution in [2.75, 3.05) is 26.2 Å². The molecule has 0 fully saturated rings. The molecule has 0 saturated heterocycles. The van der Waals surface area contributed by atoms with Crippen molar-refractivity contribution in [3.8, 4) is 0 Å². The van der Waals surface area contributed by atoms with Crippen molar-refractivity contribution in [2.45, 2.75) is 92.5 Å². The summed E-state index contributed by atoms with van der Waals surface area (Å²) >= 11 is 0. The predicted molar refractivity (Wildman–Crippen MR) is 135 cm³/mol. The molecule has 1 aromatic rings. The smallest absolute Gasteiger partial charge is 0.236 e. The molecule has 1 aromatic carbocycles. The summed E-state index contributed by atoms with van der Waals surface area (Å²) in [4.78, 5) is 0. The van der Waals surface area contributed by atoms with Crippen molar-refractivity contribution in [1.29, 1.82) is 0 Å². The van der Waals surface area contributed by atoms with Gasteiger partial charge in [-0.05, 0) is 76.1 Å². The average molecular weight is 417 g/mol. The molecule has 2 nitrogen and oxygen atoms in total. The zero-order chi connectivity index (χ0) is 21.7. The van der Waals surface area contributed by atoms with Crippen LogP contribution in [-0.2, 0) is 0 Å². The van der Waals surface area contributed by atoms with Gasteiger partial charge in [-0.15, -0.1) is 0 Å². The van der Waals surface area contributed by atoms with E-state index in [0.717, 1.165) is 0 Å². The van der Waals surface area contributed by atoms with E-state index in [2.05, 4.69) is 81.1 Å². The standard InChI is InChI=1S/C26H48N2Si/c1-8-12-19-27(20-13-9-2)29(7,28(21-14-10-3)22-15-11-4)26-18-16-17-25(23-26)24(5)6/h16-18,23H,5,8-15,19-22H2,1-4,6-7H3. The van der Waals surface area contributed by atoms with E-state index in [4.69, 9.17) is 0 Å². The monoisotopic (exact) mass is 416 g/mol. The number of benzene rings is 1. The Hall–Kier alpha value is -0.903. The Morgan fingerprint density at radius 2 is 1.21 bits per heavy atom. The van der Waals surface area contributed by atoms with Crippen LogP contribution in [0.5, 0.6) is 0 Å². The van der Waals surface area contributed by atoms with Crippen molar-refractivity contribution in [2.24, 2.45) is 0 Å². The second-order valence-electron chi connectivity index (χ2n) is 8.77. The molecule has 0 saturated carbocycles. The Labute approximate surface area is 183 Å². The Morgan fingerprint density at radius 3 is 1.55 bits per heavy atom. The molecule has 29 heavy (non-hydrogen) atoms. The van der Waals surface area contributed by atoms with E-state index in [0.29, 0.717) is 0 Å². The molecule has 0 unspecified atom stereocenters. The largest absolute Gasteiger partial charge is 0.308 e. The van der Waals surface area contributed by atoms with Crippen molar-refractivity contribution < 1.29 is 0 Å².